The monoisotopic (exact) mass is 233 g/mol. The molecule has 94 valence electrons. The Morgan fingerprint density at radius 2 is 1.94 bits per heavy atom. The first-order valence-corrected chi connectivity index (χ1v) is 6.38. The summed E-state index contributed by atoms with van der Waals surface area (Å²) in [5.41, 5.74) is 6.82. The van der Waals surface area contributed by atoms with Gasteiger partial charge in [0.1, 0.15) is 14.1 Å². The minimum atomic E-state index is 0.417. The van der Waals surface area contributed by atoms with Crippen LogP contribution in [0.5, 0.6) is 0 Å². The van der Waals surface area contributed by atoms with Gasteiger partial charge in [-0.15, -0.1) is 5.47 Å². The third-order valence-electron chi connectivity index (χ3n) is 2.90. The van der Waals surface area contributed by atoms with Crippen molar-refractivity contribution in [1.82, 2.24) is 0 Å². The smallest absolute Gasteiger partial charge is 0.123 e. The largest absolute Gasteiger partial charge is 0.333 e. The Balaban J connectivity index is 0.000000265. The molecule has 17 heavy (non-hydrogen) atoms. The standard InChI is InChI=1S/C7H9B.C6H10O.CH5N/c1-6-3-2-4-7(8)5-6;7-5-6-3-1-2-4-6;1-2/h3,5H,2,4H2,1H3;5-6H,1-4H2;2H2,1H3. The van der Waals surface area contributed by atoms with E-state index in [1.54, 1.807) is 0 Å². The fourth-order valence-corrected chi connectivity index (χ4v) is 1.98. The Hall–Kier alpha value is -0.825. The summed E-state index contributed by atoms with van der Waals surface area (Å²) in [5, 5.41) is 0. The molecule has 2 rings (SSSR count). The molecule has 0 saturated heterocycles. The highest BCUT2D eigenvalue weighted by Crippen LogP contribution is 2.21. The molecule has 1 fully saturated rings. The van der Waals surface area contributed by atoms with Gasteiger partial charge >= 0.3 is 0 Å². The normalized spacial score (nSPS) is 19.0. The van der Waals surface area contributed by atoms with Crippen LogP contribution in [-0.2, 0) is 4.79 Å². The highest BCUT2D eigenvalue weighted by molar-refractivity contribution is 6.21. The van der Waals surface area contributed by atoms with Gasteiger partial charge in [0.15, 0.2) is 0 Å². The van der Waals surface area contributed by atoms with Crippen LogP contribution < -0.4 is 5.73 Å². The Kier molecular flexibility index (Phi) is 9.83. The summed E-state index contributed by atoms with van der Waals surface area (Å²) in [5.74, 6) is 0.417. The molecular formula is C14H24BNO. The van der Waals surface area contributed by atoms with Gasteiger partial charge in [-0.1, -0.05) is 30.6 Å². The van der Waals surface area contributed by atoms with Gasteiger partial charge in [-0.3, -0.25) is 0 Å². The van der Waals surface area contributed by atoms with Gasteiger partial charge in [0.05, 0.1) is 0 Å². The molecule has 2 aliphatic rings. The van der Waals surface area contributed by atoms with E-state index in [1.165, 1.54) is 25.5 Å². The van der Waals surface area contributed by atoms with Gasteiger partial charge in [0.25, 0.3) is 0 Å². The molecule has 3 heteroatoms. The summed E-state index contributed by atoms with van der Waals surface area (Å²) in [7, 11) is 7.05. The van der Waals surface area contributed by atoms with Crippen LogP contribution >= 0.6 is 0 Å². The summed E-state index contributed by atoms with van der Waals surface area (Å²) in [6.45, 7) is 2.08. The molecule has 2 N–H and O–H groups in total. The number of carbonyl (C=O) groups excluding carboxylic acids is 1. The van der Waals surface area contributed by atoms with E-state index in [2.05, 4.69) is 18.7 Å². The summed E-state index contributed by atoms with van der Waals surface area (Å²) in [6, 6.07) is 0. The van der Waals surface area contributed by atoms with Crippen molar-refractivity contribution >= 4 is 14.1 Å². The van der Waals surface area contributed by atoms with E-state index >= 15 is 0 Å². The molecule has 0 unspecified atom stereocenters. The molecular weight excluding hydrogens is 209 g/mol. The fourth-order valence-electron chi connectivity index (χ4n) is 1.98. The number of hydrogen-bond acceptors (Lipinski definition) is 2. The lowest BCUT2D eigenvalue weighted by molar-refractivity contribution is -0.110. The molecule has 0 aromatic heterocycles. The minimum Gasteiger partial charge on any atom is -0.333 e. The van der Waals surface area contributed by atoms with Gasteiger partial charge in [-0.05, 0) is 39.7 Å². The van der Waals surface area contributed by atoms with Crippen molar-refractivity contribution in [2.75, 3.05) is 7.05 Å². The van der Waals surface area contributed by atoms with Crippen LogP contribution in [0.3, 0.4) is 0 Å². The van der Waals surface area contributed by atoms with Crippen LogP contribution in [-0.4, -0.2) is 21.2 Å². The number of hydrogen-bond donors (Lipinski definition) is 1. The molecule has 2 nitrogen and oxygen atoms in total. The van der Waals surface area contributed by atoms with Gasteiger partial charge in [-0.25, -0.2) is 0 Å². The lowest BCUT2D eigenvalue weighted by Crippen LogP contribution is -1.91. The lowest BCUT2D eigenvalue weighted by atomic mass is 9.86. The molecule has 2 radical (unpaired) electrons. The molecule has 0 amide bonds. The van der Waals surface area contributed by atoms with E-state index in [1.807, 2.05) is 6.08 Å². The van der Waals surface area contributed by atoms with Crippen molar-refractivity contribution < 1.29 is 4.79 Å². The summed E-state index contributed by atoms with van der Waals surface area (Å²) in [4.78, 5) is 10.0. The average Bonchev–Trinajstić information content (AvgIpc) is 2.85. The molecule has 0 aromatic carbocycles. The number of allylic oxidation sites excluding steroid dienone is 4. The van der Waals surface area contributed by atoms with Gasteiger partial charge in [0, 0.05) is 5.92 Å². The molecule has 0 atom stereocenters. The molecule has 0 aliphatic heterocycles. The molecule has 2 aliphatic carbocycles. The zero-order chi connectivity index (χ0) is 13.1. The van der Waals surface area contributed by atoms with Gasteiger partial charge < -0.3 is 10.5 Å². The van der Waals surface area contributed by atoms with Gasteiger partial charge in [0.2, 0.25) is 0 Å². The minimum absolute atomic E-state index is 0.417. The average molecular weight is 233 g/mol. The second kappa shape index (κ2) is 10.3. The van der Waals surface area contributed by atoms with E-state index in [4.69, 9.17) is 7.85 Å². The quantitative estimate of drug-likeness (QED) is 0.559. The van der Waals surface area contributed by atoms with Crippen molar-refractivity contribution in [3.63, 3.8) is 0 Å². The first kappa shape index (κ1) is 16.2. The molecule has 0 spiro atoms. The maximum atomic E-state index is 10.0. The van der Waals surface area contributed by atoms with E-state index in [0.717, 1.165) is 37.4 Å². The highest BCUT2D eigenvalue weighted by Gasteiger charge is 2.12. The van der Waals surface area contributed by atoms with Crippen LogP contribution in [0.4, 0.5) is 0 Å². The summed E-state index contributed by atoms with van der Waals surface area (Å²) < 4.78 is 0. The summed E-state index contributed by atoms with van der Waals surface area (Å²) in [6.07, 6.45) is 12.3. The first-order valence-electron chi connectivity index (χ1n) is 6.38. The second-order valence-electron chi connectivity index (χ2n) is 4.39. The number of nitrogens with two attached hydrogens (primary N) is 1. The Bertz CT molecular complexity index is 265. The Morgan fingerprint density at radius 1 is 1.35 bits per heavy atom. The third-order valence-corrected chi connectivity index (χ3v) is 2.90. The van der Waals surface area contributed by atoms with Crippen molar-refractivity contribution in [3.05, 3.63) is 23.2 Å². The van der Waals surface area contributed by atoms with Crippen molar-refractivity contribution in [2.24, 2.45) is 11.7 Å². The lowest BCUT2D eigenvalue weighted by Gasteiger charge is -2.05. The van der Waals surface area contributed by atoms with Crippen LogP contribution in [0, 0.1) is 5.92 Å². The van der Waals surface area contributed by atoms with Crippen molar-refractivity contribution in [1.29, 1.82) is 0 Å². The second-order valence-corrected chi connectivity index (χ2v) is 4.39. The maximum Gasteiger partial charge on any atom is 0.123 e. The number of rotatable bonds is 1. The topological polar surface area (TPSA) is 43.1 Å². The zero-order valence-corrected chi connectivity index (χ0v) is 11.1. The van der Waals surface area contributed by atoms with E-state index < -0.39 is 0 Å². The van der Waals surface area contributed by atoms with Crippen LogP contribution in [0.25, 0.3) is 0 Å². The Morgan fingerprint density at radius 3 is 2.24 bits per heavy atom. The number of aldehydes is 1. The molecule has 0 aromatic rings. The Labute approximate surface area is 107 Å². The SMILES string of the molecule is CN.O=CC1CCCC1.[B]C1=CC(C)=CCC1. The van der Waals surface area contributed by atoms with E-state index in [-0.39, 0.29) is 0 Å². The van der Waals surface area contributed by atoms with E-state index in [0.29, 0.717) is 5.92 Å². The maximum absolute atomic E-state index is 10.0. The predicted molar refractivity (Wildman–Crippen MR) is 75.0 cm³/mol. The van der Waals surface area contributed by atoms with Crippen LogP contribution in [0.2, 0.25) is 0 Å². The first-order chi connectivity index (χ1) is 8.22. The van der Waals surface area contributed by atoms with Crippen molar-refractivity contribution in [3.8, 4) is 0 Å². The summed E-state index contributed by atoms with van der Waals surface area (Å²) >= 11 is 0. The number of carbonyl (C=O) groups is 1. The molecule has 0 heterocycles. The van der Waals surface area contributed by atoms with E-state index in [9.17, 15) is 4.79 Å². The van der Waals surface area contributed by atoms with Gasteiger partial charge in [-0.2, -0.15) is 0 Å². The third kappa shape index (κ3) is 7.97. The van der Waals surface area contributed by atoms with Crippen molar-refractivity contribution in [2.45, 2.75) is 45.4 Å². The van der Waals surface area contributed by atoms with Crippen LogP contribution in [0.1, 0.15) is 45.4 Å². The highest BCUT2D eigenvalue weighted by atomic mass is 16.1. The fraction of sp³-hybridized carbons (Fsp3) is 0.643. The predicted octanol–water partition coefficient (Wildman–Crippen LogP) is 2.73. The molecule has 1 saturated carbocycles. The van der Waals surface area contributed by atoms with Crippen LogP contribution in [0.15, 0.2) is 23.2 Å². The zero-order valence-electron chi connectivity index (χ0n) is 11.1. The molecule has 0 bridgehead atoms.